The second kappa shape index (κ2) is 4.51. The molecule has 3 heteroatoms. The van der Waals surface area contributed by atoms with Gasteiger partial charge in [-0.15, -0.1) is 0 Å². The number of nitrogens with one attached hydrogen (secondary N) is 2. The second-order valence-electron chi connectivity index (χ2n) is 2.47. The number of hydrogen-bond acceptors (Lipinski definition) is 3. The zero-order valence-corrected chi connectivity index (χ0v) is 6.87. The van der Waals surface area contributed by atoms with Crippen molar-refractivity contribution in [1.82, 2.24) is 5.43 Å². The van der Waals surface area contributed by atoms with E-state index in [0.717, 1.165) is 5.69 Å². The van der Waals surface area contributed by atoms with Crippen LogP contribution in [0.4, 0.5) is 5.69 Å². The highest BCUT2D eigenvalue weighted by Crippen LogP contribution is 2.02. The average molecular weight is 163 g/mol. The normalized spacial score (nSPS) is 12.1. The maximum absolute atomic E-state index is 10.1. The minimum atomic E-state index is -0.301. The topological polar surface area (TPSA) is 41.1 Å². The van der Waals surface area contributed by atoms with E-state index in [2.05, 4.69) is 10.9 Å². The lowest BCUT2D eigenvalue weighted by atomic mass is 10.3. The number of rotatable bonds is 4. The smallest absolute Gasteiger partial charge is 0.218 e. The Morgan fingerprint density at radius 3 is 2.58 bits per heavy atom. The Morgan fingerprint density at radius 2 is 2.00 bits per heavy atom. The van der Waals surface area contributed by atoms with Gasteiger partial charge >= 0.3 is 0 Å². The molecule has 0 fully saturated rings. The first-order valence-electron chi connectivity index (χ1n) is 3.77. The van der Waals surface area contributed by atoms with E-state index in [-0.39, 0.29) is 6.04 Å². The molecule has 1 rings (SSSR count). The Bertz CT molecular complexity index is 236. The number of hydrogen-bond donors (Lipinski definition) is 2. The molecule has 1 unspecified atom stereocenters. The lowest BCUT2D eigenvalue weighted by Gasteiger charge is -2.08. The molecule has 1 aromatic carbocycles. The highest BCUT2D eigenvalue weighted by Gasteiger charge is 1.96. The van der Waals surface area contributed by atoms with Crippen LogP contribution in [0.2, 0.25) is 0 Å². The van der Waals surface area contributed by atoms with Crippen LogP contribution in [-0.4, -0.2) is 12.3 Å². The highest BCUT2D eigenvalue weighted by atomic mass is 16.1. The van der Waals surface area contributed by atoms with Gasteiger partial charge in [-0.1, -0.05) is 18.2 Å². The minimum Gasteiger partial charge on any atom is -0.321 e. The molecule has 1 aromatic rings. The van der Waals surface area contributed by atoms with Crippen LogP contribution in [0.5, 0.6) is 0 Å². The summed E-state index contributed by atoms with van der Waals surface area (Å²) in [5.74, 6) is 0. The Morgan fingerprint density at radius 1 is 1.33 bits per heavy atom. The van der Waals surface area contributed by atoms with E-state index < -0.39 is 0 Å². The van der Waals surface area contributed by atoms with Crippen LogP contribution in [0.1, 0.15) is 6.92 Å². The van der Waals surface area contributed by atoms with Crippen LogP contribution in [-0.2, 0) is 4.79 Å². The molecular weight excluding hydrogens is 152 g/mol. The van der Waals surface area contributed by atoms with E-state index in [1.807, 2.05) is 36.6 Å². The monoisotopic (exact) mass is 163 g/mol. The van der Waals surface area contributed by atoms with Gasteiger partial charge in [-0.05, 0) is 19.1 Å². The van der Waals surface area contributed by atoms with Gasteiger partial charge in [-0.2, -0.15) is 0 Å². The third-order valence-electron chi connectivity index (χ3n) is 1.38. The molecule has 0 saturated heterocycles. The molecule has 1 radical (unpaired) electrons. The van der Waals surface area contributed by atoms with Crippen LogP contribution in [0.25, 0.3) is 0 Å². The van der Waals surface area contributed by atoms with E-state index in [9.17, 15) is 4.79 Å². The molecule has 0 bridgehead atoms. The average Bonchev–Trinajstić information content (AvgIpc) is 2.16. The van der Waals surface area contributed by atoms with Crippen LogP contribution in [0, 0.1) is 0 Å². The van der Waals surface area contributed by atoms with Gasteiger partial charge in [0.05, 0.1) is 6.04 Å². The summed E-state index contributed by atoms with van der Waals surface area (Å²) < 4.78 is 0. The van der Waals surface area contributed by atoms with Gasteiger partial charge in [-0.25, -0.2) is 5.43 Å². The third-order valence-corrected chi connectivity index (χ3v) is 1.38. The molecule has 0 aliphatic rings. The van der Waals surface area contributed by atoms with Gasteiger partial charge < -0.3 is 5.43 Å². The predicted octanol–water partition coefficient (Wildman–Crippen LogP) is 1.10. The summed E-state index contributed by atoms with van der Waals surface area (Å²) in [6, 6.07) is 9.28. The molecule has 0 aromatic heterocycles. The SMILES string of the molecule is CC([C]=O)NNc1ccccc1. The van der Waals surface area contributed by atoms with Crippen molar-refractivity contribution in [2.45, 2.75) is 13.0 Å². The van der Waals surface area contributed by atoms with Crippen molar-refractivity contribution in [3.8, 4) is 0 Å². The summed E-state index contributed by atoms with van der Waals surface area (Å²) in [6.07, 6.45) is 1.81. The lowest BCUT2D eigenvalue weighted by Crippen LogP contribution is -2.32. The van der Waals surface area contributed by atoms with Crippen molar-refractivity contribution in [2.75, 3.05) is 5.43 Å². The summed E-state index contributed by atoms with van der Waals surface area (Å²) in [5.41, 5.74) is 6.59. The molecule has 0 aliphatic carbocycles. The third kappa shape index (κ3) is 2.72. The molecule has 63 valence electrons. The van der Waals surface area contributed by atoms with E-state index >= 15 is 0 Å². The molecule has 0 spiro atoms. The molecule has 0 amide bonds. The molecule has 12 heavy (non-hydrogen) atoms. The Hall–Kier alpha value is -1.35. The number of carbonyl (C=O) groups excluding carboxylic acids is 1. The van der Waals surface area contributed by atoms with Gasteiger partial charge in [0.15, 0.2) is 0 Å². The standard InChI is InChI=1S/C9H11N2O/c1-8(7-12)10-11-9-5-3-2-4-6-9/h2-6,8,10-11H,1H3. The van der Waals surface area contributed by atoms with Crippen molar-refractivity contribution in [3.63, 3.8) is 0 Å². The van der Waals surface area contributed by atoms with Crippen LogP contribution in [0.3, 0.4) is 0 Å². The summed E-state index contributed by atoms with van der Waals surface area (Å²) in [4.78, 5) is 10.1. The molecule has 3 nitrogen and oxygen atoms in total. The largest absolute Gasteiger partial charge is 0.321 e. The van der Waals surface area contributed by atoms with Crippen molar-refractivity contribution < 1.29 is 4.79 Å². The Balaban J connectivity index is 2.38. The van der Waals surface area contributed by atoms with Gasteiger partial charge in [0.25, 0.3) is 0 Å². The van der Waals surface area contributed by atoms with Crippen LogP contribution < -0.4 is 10.9 Å². The summed E-state index contributed by atoms with van der Waals surface area (Å²) in [5, 5.41) is 0. The van der Waals surface area contributed by atoms with Gasteiger partial charge in [0, 0.05) is 5.69 Å². The molecule has 0 aliphatic heterocycles. The molecular formula is C9H11N2O. The van der Waals surface area contributed by atoms with Gasteiger partial charge in [0.1, 0.15) is 0 Å². The summed E-state index contributed by atoms with van der Waals surface area (Å²) in [7, 11) is 0. The van der Waals surface area contributed by atoms with Crippen molar-refractivity contribution >= 4 is 12.0 Å². The molecule has 0 saturated carbocycles. The Labute approximate surface area is 71.8 Å². The van der Waals surface area contributed by atoms with Gasteiger partial charge in [0.2, 0.25) is 6.29 Å². The predicted molar refractivity (Wildman–Crippen MR) is 48.4 cm³/mol. The van der Waals surface area contributed by atoms with Crippen molar-refractivity contribution in [2.24, 2.45) is 0 Å². The maximum Gasteiger partial charge on any atom is 0.218 e. The Kier molecular flexibility index (Phi) is 3.29. The van der Waals surface area contributed by atoms with E-state index in [4.69, 9.17) is 0 Å². The molecule has 2 N–H and O–H groups in total. The van der Waals surface area contributed by atoms with Crippen LogP contribution >= 0.6 is 0 Å². The zero-order valence-electron chi connectivity index (χ0n) is 6.87. The fourth-order valence-electron chi connectivity index (χ4n) is 0.743. The number of anilines is 1. The summed E-state index contributed by atoms with van der Waals surface area (Å²) >= 11 is 0. The fraction of sp³-hybridized carbons (Fsp3) is 0.222. The summed E-state index contributed by atoms with van der Waals surface area (Å²) in [6.45, 7) is 1.73. The lowest BCUT2D eigenvalue weighted by molar-refractivity contribution is 0.534. The van der Waals surface area contributed by atoms with E-state index in [1.54, 1.807) is 6.92 Å². The number of para-hydroxylation sites is 1. The van der Waals surface area contributed by atoms with Crippen molar-refractivity contribution in [3.05, 3.63) is 30.3 Å². The van der Waals surface area contributed by atoms with E-state index in [0.29, 0.717) is 0 Å². The first-order valence-corrected chi connectivity index (χ1v) is 3.77. The second-order valence-corrected chi connectivity index (χ2v) is 2.47. The number of benzene rings is 1. The highest BCUT2D eigenvalue weighted by molar-refractivity contribution is 5.58. The van der Waals surface area contributed by atoms with Crippen molar-refractivity contribution in [1.29, 1.82) is 0 Å². The molecule has 0 heterocycles. The zero-order chi connectivity index (χ0) is 8.81. The van der Waals surface area contributed by atoms with Gasteiger partial charge in [-0.3, -0.25) is 4.79 Å². The first-order chi connectivity index (χ1) is 5.83. The quantitative estimate of drug-likeness (QED) is 0.653. The minimum absolute atomic E-state index is 0.301. The number of hydrazine groups is 1. The molecule has 1 atom stereocenters. The van der Waals surface area contributed by atoms with E-state index in [1.165, 1.54) is 0 Å². The maximum atomic E-state index is 10.1. The first kappa shape index (κ1) is 8.74. The fourth-order valence-corrected chi connectivity index (χ4v) is 0.743. The van der Waals surface area contributed by atoms with Crippen LogP contribution in [0.15, 0.2) is 30.3 Å².